The maximum atomic E-state index is 9.03. The number of ether oxygens (including phenoxy) is 1. The lowest BCUT2D eigenvalue weighted by Gasteiger charge is -2.08. The second-order valence-corrected chi connectivity index (χ2v) is 4.54. The van der Waals surface area contributed by atoms with Crippen LogP contribution in [0.15, 0.2) is 48.5 Å². The predicted octanol–water partition coefficient (Wildman–Crippen LogP) is 3.22. The summed E-state index contributed by atoms with van der Waals surface area (Å²) in [5.41, 5.74) is 1.72. The van der Waals surface area contributed by atoms with Crippen LogP contribution in [0.4, 0.5) is 0 Å². The number of hydrogen-bond donors (Lipinski definition) is 1. The summed E-state index contributed by atoms with van der Waals surface area (Å²) >= 11 is 0. The van der Waals surface area contributed by atoms with Crippen LogP contribution in [-0.4, -0.2) is 15.3 Å². The zero-order chi connectivity index (χ0) is 13.9. The fourth-order valence-electron chi connectivity index (χ4n) is 2.06. The number of nitrogens with zero attached hydrogens (tertiary/aromatic N) is 2. The largest absolute Gasteiger partial charge is 0.437 e. The van der Waals surface area contributed by atoms with Gasteiger partial charge in [0.05, 0.1) is 12.3 Å². The SMILES string of the molecule is Cc1nnc(Oc2ccc(CO)cc2)c2ccccc12. The van der Waals surface area contributed by atoms with Crippen LogP contribution < -0.4 is 4.74 Å². The van der Waals surface area contributed by atoms with Crippen molar-refractivity contribution in [3.8, 4) is 11.6 Å². The van der Waals surface area contributed by atoms with Gasteiger partial charge in [0.2, 0.25) is 5.88 Å². The number of rotatable bonds is 3. The van der Waals surface area contributed by atoms with E-state index in [1.165, 1.54) is 0 Å². The normalized spacial score (nSPS) is 10.7. The Balaban J connectivity index is 2.00. The highest BCUT2D eigenvalue weighted by atomic mass is 16.5. The highest BCUT2D eigenvalue weighted by molar-refractivity contribution is 5.88. The average Bonchev–Trinajstić information content (AvgIpc) is 2.51. The minimum atomic E-state index is 0.0214. The van der Waals surface area contributed by atoms with Gasteiger partial charge in [0.25, 0.3) is 0 Å². The summed E-state index contributed by atoms with van der Waals surface area (Å²) in [4.78, 5) is 0. The van der Waals surface area contributed by atoms with E-state index in [0.717, 1.165) is 22.0 Å². The molecule has 0 aliphatic heterocycles. The molecule has 2 aromatic carbocycles. The Morgan fingerprint density at radius 1 is 0.950 bits per heavy atom. The Morgan fingerprint density at radius 3 is 2.35 bits per heavy atom. The van der Waals surface area contributed by atoms with Crippen LogP contribution >= 0.6 is 0 Å². The van der Waals surface area contributed by atoms with Crippen molar-refractivity contribution in [1.29, 1.82) is 0 Å². The maximum absolute atomic E-state index is 9.03. The zero-order valence-corrected chi connectivity index (χ0v) is 11.1. The standard InChI is InChI=1S/C16H14N2O2/c1-11-14-4-2-3-5-15(14)16(18-17-11)20-13-8-6-12(10-19)7-9-13/h2-9,19H,10H2,1H3. The lowest BCUT2D eigenvalue weighted by atomic mass is 10.1. The van der Waals surface area contributed by atoms with Crippen LogP contribution in [0.25, 0.3) is 10.8 Å². The fraction of sp³-hybridized carbons (Fsp3) is 0.125. The molecule has 0 saturated heterocycles. The molecule has 0 aliphatic rings. The van der Waals surface area contributed by atoms with E-state index < -0.39 is 0 Å². The van der Waals surface area contributed by atoms with Crippen molar-refractivity contribution in [2.24, 2.45) is 0 Å². The van der Waals surface area contributed by atoms with Crippen molar-refractivity contribution in [3.05, 3.63) is 59.8 Å². The van der Waals surface area contributed by atoms with E-state index in [2.05, 4.69) is 10.2 Å². The Bertz CT molecular complexity index is 739. The van der Waals surface area contributed by atoms with Gasteiger partial charge in [-0.15, -0.1) is 5.10 Å². The molecule has 0 unspecified atom stereocenters. The highest BCUT2D eigenvalue weighted by Crippen LogP contribution is 2.28. The molecule has 3 aromatic rings. The second-order valence-electron chi connectivity index (χ2n) is 4.54. The summed E-state index contributed by atoms with van der Waals surface area (Å²) in [6.07, 6.45) is 0. The molecule has 100 valence electrons. The van der Waals surface area contributed by atoms with Crippen molar-refractivity contribution in [3.63, 3.8) is 0 Å². The van der Waals surface area contributed by atoms with Crippen LogP contribution in [0.2, 0.25) is 0 Å². The minimum absolute atomic E-state index is 0.0214. The summed E-state index contributed by atoms with van der Waals surface area (Å²) in [5, 5.41) is 19.2. The second kappa shape index (κ2) is 5.27. The first-order chi connectivity index (χ1) is 9.78. The molecule has 0 fully saturated rings. The number of aromatic nitrogens is 2. The molecule has 0 saturated carbocycles. The van der Waals surface area contributed by atoms with Gasteiger partial charge in [-0.2, -0.15) is 5.10 Å². The van der Waals surface area contributed by atoms with Gasteiger partial charge in [0.15, 0.2) is 0 Å². The predicted molar refractivity (Wildman–Crippen MR) is 76.7 cm³/mol. The third kappa shape index (κ3) is 2.33. The average molecular weight is 266 g/mol. The molecular formula is C16H14N2O2. The quantitative estimate of drug-likeness (QED) is 0.790. The highest BCUT2D eigenvalue weighted by Gasteiger charge is 2.08. The Kier molecular flexibility index (Phi) is 3.31. The molecule has 0 radical (unpaired) electrons. The van der Waals surface area contributed by atoms with Gasteiger partial charge in [-0.25, -0.2) is 0 Å². The zero-order valence-electron chi connectivity index (χ0n) is 11.1. The van der Waals surface area contributed by atoms with Gasteiger partial charge in [0.1, 0.15) is 5.75 Å². The van der Waals surface area contributed by atoms with E-state index in [1.807, 2.05) is 55.5 Å². The first-order valence-electron chi connectivity index (χ1n) is 6.37. The number of aryl methyl sites for hydroxylation is 1. The fourth-order valence-corrected chi connectivity index (χ4v) is 2.06. The lowest BCUT2D eigenvalue weighted by molar-refractivity contribution is 0.281. The summed E-state index contributed by atoms with van der Waals surface area (Å²) in [6, 6.07) is 15.1. The molecule has 0 atom stereocenters. The molecule has 4 heteroatoms. The summed E-state index contributed by atoms with van der Waals surface area (Å²) < 4.78 is 5.79. The van der Waals surface area contributed by atoms with Gasteiger partial charge < -0.3 is 9.84 Å². The molecule has 0 aliphatic carbocycles. The molecule has 0 spiro atoms. The first kappa shape index (κ1) is 12.6. The van der Waals surface area contributed by atoms with Crippen LogP contribution in [0.3, 0.4) is 0 Å². The van der Waals surface area contributed by atoms with Crippen molar-refractivity contribution < 1.29 is 9.84 Å². The van der Waals surface area contributed by atoms with Crippen molar-refractivity contribution in [1.82, 2.24) is 10.2 Å². The Labute approximate surface area is 116 Å². The topological polar surface area (TPSA) is 55.2 Å². The monoisotopic (exact) mass is 266 g/mol. The maximum Gasteiger partial charge on any atom is 0.246 e. The molecule has 4 nitrogen and oxygen atoms in total. The van der Waals surface area contributed by atoms with Crippen molar-refractivity contribution in [2.45, 2.75) is 13.5 Å². The van der Waals surface area contributed by atoms with Crippen molar-refractivity contribution in [2.75, 3.05) is 0 Å². The van der Waals surface area contributed by atoms with Gasteiger partial charge >= 0.3 is 0 Å². The number of aliphatic hydroxyl groups excluding tert-OH is 1. The number of fused-ring (bicyclic) bond motifs is 1. The van der Waals surface area contributed by atoms with E-state index in [4.69, 9.17) is 9.84 Å². The Hall–Kier alpha value is -2.46. The van der Waals surface area contributed by atoms with Crippen LogP contribution in [0.5, 0.6) is 11.6 Å². The third-order valence-electron chi connectivity index (χ3n) is 3.16. The van der Waals surface area contributed by atoms with E-state index in [1.54, 1.807) is 0 Å². The molecule has 20 heavy (non-hydrogen) atoms. The first-order valence-corrected chi connectivity index (χ1v) is 6.37. The van der Waals surface area contributed by atoms with Gasteiger partial charge in [0, 0.05) is 10.8 Å². The van der Waals surface area contributed by atoms with E-state index >= 15 is 0 Å². The summed E-state index contributed by atoms with van der Waals surface area (Å²) in [5.74, 6) is 1.16. The van der Waals surface area contributed by atoms with E-state index in [0.29, 0.717) is 11.6 Å². The minimum Gasteiger partial charge on any atom is -0.437 e. The van der Waals surface area contributed by atoms with Gasteiger partial charge in [-0.05, 0) is 30.7 Å². The molecule has 1 aromatic heterocycles. The van der Waals surface area contributed by atoms with E-state index in [9.17, 15) is 0 Å². The molecule has 0 bridgehead atoms. The Morgan fingerprint density at radius 2 is 1.65 bits per heavy atom. The van der Waals surface area contributed by atoms with Crippen LogP contribution in [-0.2, 0) is 6.61 Å². The van der Waals surface area contributed by atoms with Gasteiger partial charge in [-0.1, -0.05) is 30.3 Å². The summed E-state index contributed by atoms with van der Waals surface area (Å²) in [7, 11) is 0. The lowest BCUT2D eigenvalue weighted by Crippen LogP contribution is -1.95. The third-order valence-corrected chi connectivity index (χ3v) is 3.16. The number of benzene rings is 2. The molecule has 1 N–H and O–H groups in total. The molecular weight excluding hydrogens is 252 g/mol. The molecule has 0 amide bonds. The smallest absolute Gasteiger partial charge is 0.246 e. The molecule has 1 heterocycles. The van der Waals surface area contributed by atoms with E-state index in [-0.39, 0.29) is 6.61 Å². The number of hydrogen-bond acceptors (Lipinski definition) is 4. The van der Waals surface area contributed by atoms with Gasteiger partial charge in [-0.3, -0.25) is 0 Å². The van der Waals surface area contributed by atoms with Crippen LogP contribution in [0, 0.1) is 6.92 Å². The number of aliphatic hydroxyl groups is 1. The molecule has 3 rings (SSSR count). The summed E-state index contributed by atoms with van der Waals surface area (Å²) in [6.45, 7) is 1.95. The van der Waals surface area contributed by atoms with Crippen LogP contribution in [0.1, 0.15) is 11.3 Å². The van der Waals surface area contributed by atoms with Crippen molar-refractivity contribution >= 4 is 10.8 Å².